The van der Waals surface area contributed by atoms with E-state index in [1.165, 1.54) is 34.0 Å². The number of rotatable bonds is 5. The Morgan fingerprint density at radius 1 is 1.41 bits per heavy atom. The molecule has 7 nitrogen and oxygen atoms in total. The summed E-state index contributed by atoms with van der Waals surface area (Å²) >= 11 is 1.47. The highest BCUT2D eigenvalue weighted by Crippen LogP contribution is 2.20. The number of nitrogens with zero attached hydrogens (tertiary/aromatic N) is 2. The van der Waals surface area contributed by atoms with E-state index in [-0.39, 0.29) is 6.03 Å². The average Bonchev–Trinajstić information content (AvgIpc) is 2.98. The number of anilines is 1. The van der Waals surface area contributed by atoms with Gasteiger partial charge in [0.2, 0.25) is 0 Å². The predicted octanol–water partition coefficient (Wildman–Crippen LogP) is 1.39. The lowest BCUT2D eigenvalue weighted by Gasteiger charge is -2.32. The van der Waals surface area contributed by atoms with E-state index in [0.717, 1.165) is 17.8 Å². The summed E-state index contributed by atoms with van der Waals surface area (Å²) in [5.41, 5.74) is 0. The molecular formula is C13H22N4O3S2. The number of thiophene rings is 1. The maximum Gasteiger partial charge on any atom is 0.319 e. The molecule has 1 aliphatic rings. The molecule has 1 aliphatic heterocycles. The first-order valence-corrected chi connectivity index (χ1v) is 9.43. The van der Waals surface area contributed by atoms with Gasteiger partial charge in [0.05, 0.1) is 5.00 Å². The summed E-state index contributed by atoms with van der Waals surface area (Å²) in [7, 11) is -0.241. The average molecular weight is 346 g/mol. The molecule has 0 spiro atoms. The zero-order valence-corrected chi connectivity index (χ0v) is 14.4. The van der Waals surface area contributed by atoms with Crippen LogP contribution in [-0.4, -0.2) is 56.8 Å². The summed E-state index contributed by atoms with van der Waals surface area (Å²) in [5, 5.41) is 8.32. The minimum absolute atomic E-state index is 0.217. The summed E-state index contributed by atoms with van der Waals surface area (Å²) < 4.78 is 26.7. The highest BCUT2D eigenvalue weighted by atomic mass is 32.2. The summed E-state index contributed by atoms with van der Waals surface area (Å²) in [4.78, 5) is 11.7. The molecule has 0 unspecified atom stereocenters. The number of nitrogens with one attached hydrogen (secondary N) is 2. The highest BCUT2D eigenvalue weighted by molar-refractivity contribution is 7.86. The Labute approximate surface area is 135 Å². The SMILES string of the molecule is CN(C)S(=O)(=O)N1CCC(CNC(=O)Nc2cccs2)CC1. The molecule has 9 heteroatoms. The zero-order chi connectivity index (χ0) is 16.2. The molecule has 1 saturated heterocycles. The van der Waals surface area contributed by atoms with Gasteiger partial charge < -0.3 is 5.32 Å². The van der Waals surface area contributed by atoms with Crippen LogP contribution in [0, 0.1) is 5.92 Å². The predicted molar refractivity (Wildman–Crippen MR) is 88.2 cm³/mol. The van der Waals surface area contributed by atoms with Crippen molar-refractivity contribution in [3.05, 3.63) is 17.5 Å². The third kappa shape index (κ3) is 4.42. The molecule has 1 aromatic rings. The third-order valence-electron chi connectivity index (χ3n) is 3.67. The van der Waals surface area contributed by atoms with Gasteiger partial charge in [-0.3, -0.25) is 5.32 Å². The molecule has 2 rings (SSSR count). The molecule has 0 atom stereocenters. The topological polar surface area (TPSA) is 81.8 Å². The molecule has 0 aliphatic carbocycles. The van der Waals surface area contributed by atoms with Crippen molar-refractivity contribution in [3.63, 3.8) is 0 Å². The van der Waals surface area contributed by atoms with Gasteiger partial charge in [-0.05, 0) is 36.3 Å². The van der Waals surface area contributed by atoms with Crippen LogP contribution in [0.15, 0.2) is 17.5 Å². The fourth-order valence-electron chi connectivity index (χ4n) is 2.32. The summed E-state index contributed by atoms with van der Waals surface area (Å²) in [6, 6.07) is 3.50. The van der Waals surface area contributed by atoms with Crippen molar-refractivity contribution < 1.29 is 13.2 Å². The van der Waals surface area contributed by atoms with Crippen LogP contribution in [0.4, 0.5) is 9.80 Å². The first-order chi connectivity index (χ1) is 10.4. The summed E-state index contributed by atoms with van der Waals surface area (Å²) in [5.74, 6) is 0.308. The molecular weight excluding hydrogens is 324 g/mol. The highest BCUT2D eigenvalue weighted by Gasteiger charge is 2.29. The van der Waals surface area contributed by atoms with E-state index < -0.39 is 10.2 Å². The molecule has 0 bridgehead atoms. The molecule has 124 valence electrons. The lowest BCUT2D eigenvalue weighted by Crippen LogP contribution is -2.46. The van der Waals surface area contributed by atoms with Crippen molar-refractivity contribution >= 4 is 32.6 Å². The van der Waals surface area contributed by atoms with Gasteiger partial charge in [-0.2, -0.15) is 17.0 Å². The van der Waals surface area contributed by atoms with Crippen LogP contribution in [0.5, 0.6) is 0 Å². The second kappa shape index (κ2) is 7.40. The number of carbonyl (C=O) groups is 1. The Kier molecular flexibility index (Phi) is 5.79. The number of hydrogen-bond donors (Lipinski definition) is 2. The Hall–Kier alpha value is -1.16. The van der Waals surface area contributed by atoms with E-state index in [4.69, 9.17) is 0 Å². The third-order valence-corrected chi connectivity index (χ3v) is 6.40. The number of urea groups is 1. The standard InChI is InChI=1S/C13H22N4O3S2/c1-16(2)22(19,20)17-7-5-11(6-8-17)10-14-13(18)15-12-4-3-9-21-12/h3-4,9,11H,5-8,10H2,1-2H3,(H2,14,15,18). The van der Waals surface area contributed by atoms with E-state index in [2.05, 4.69) is 10.6 Å². The van der Waals surface area contributed by atoms with E-state index >= 15 is 0 Å². The van der Waals surface area contributed by atoms with Gasteiger partial charge in [0.1, 0.15) is 0 Å². The number of amides is 2. The Morgan fingerprint density at radius 2 is 2.09 bits per heavy atom. The van der Waals surface area contributed by atoms with E-state index in [0.29, 0.717) is 25.6 Å². The smallest absolute Gasteiger partial charge is 0.319 e. The quantitative estimate of drug-likeness (QED) is 0.845. The van der Waals surface area contributed by atoms with E-state index in [1.54, 1.807) is 0 Å². The fraction of sp³-hybridized carbons (Fsp3) is 0.615. The monoisotopic (exact) mass is 346 g/mol. The Balaban J connectivity index is 1.73. The molecule has 22 heavy (non-hydrogen) atoms. The Morgan fingerprint density at radius 3 is 2.64 bits per heavy atom. The van der Waals surface area contributed by atoms with Crippen LogP contribution in [0.3, 0.4) is 0 Å². The normalized spacial score (nSPS) is 17.6. The van der Waals surface area contributed by atoms with E-state index in [1.807, 2.05) is 17.5 Å². The van der Waals surface area contributed by atoms with Crippen molar-refractivity contribution in [2.75, 3.05) is 39.0 Å². The maximum atomic E-state index is 12.0. The van der Waals surface area contributed by atoms with Crippen LogP contribution in [-0.2, 0) is 10.2 Å². The van der Waals surface area contributed by atoms with Gasteiger partial charge in [0.25, 0.3) is 10.2 Å². The van der Waals surface area contributed by atoms with Gasteiger partial charge >= 0.3 is 6.03 Å². The van der Waals surface area contributed by atoms with Crippen molar-refractivity contribution in [2.24, 2.45) is 5.92 Å². The molecule has 2 heterocycles. The Bertz CT molecular complexity index is 578. The molecule has 0 radical (unpaired) electrons. The van der Waals surface area contributed by atoms with Crippen LogP contribution in [0.25, 0.3) is 0 Å². The minimum Gasteiger partial charge on any atom is -0.338 e. The molecule has 2 N–H and O–H groups in total. The van der Waals surface area contributed by atoms with Gasteiger partial charge in [-0.25, -0.2) is 4.79 Å². The van der Waals surface area contributed by atoms with Gasteiger partial charge in [-0.1, -0.05) is 0 Å². The van der Waals surface area contributed by atoms with Crippen LogP contribution in [0.1, 0.15) is 12.8 Å². The number of piperidine rings is 1. The first kappa shape index (κ1) is 17.2. The van der Waals surface area contributed by atoms with Gasteiger partial charge in [0.15, 0.2) is 0 Å². The lowest BCUT2D eigenvalue weighted by atomic mass is 9.98. The molecule has 1 aromatic heterocycles. The largest absolute Gasteiger partial charge is 0.338 e. The minimum atomic E-state index is -3.32. The van der Waals surface area contributed by atoms with Crippen LogP contribution < -0.4 is 10.6 Å². The molecule has 0 saturated carbocycles. The van der Waals surface area contributed by atoms with Crippen molar-refractivity contribution in [1.82, 2.24) is 13.9 Å². The number of hydrogen-bond acceptors (Lipinski definition) is 4. The first-order valence-electron chi connectivity index (χ1n) is 7.15. The van der Waals surface area contributed by atoms with Crippen LogP contribution >= 0.6 is 11.3 Å². The summed E-state index contributed by atoms with van der Waals surface area (Å²) in [6.45, 7) is 1.56. The van der Waals surface area contributed by atoms with Crippen molar-refractivity contribution in [2.45, 2.75) is 12.8 Å². The fourth-order valence-corrected chi connectivity index (χ4v) is 4.06. The maximum absolute atomic E-state index is 12.0. The van der Waals surface area contributed by atoms with Gasteiger partial charge in [0, 0.05) is 33.7 Å². The summed E-state index contributed by atoms with van der Waals surface area (Å²) in [6.07, 6.45) is 1.51. The van der Waals surface area contributed by atoms with E-state index in [9.17, 15) is 13.2 Å². The second-order valence-corrected chi connectivity index (χ2v) is 8.53. The number of carbonyl (C=O) groups excluding carboxylic acids is 1. The van der Waals surface area contributed by atoms with Crippen LogP contribution in [0.2, 0.25) is 0 Å². The zero-order valence-electron chi connectivity index (χ0n) is 12.8. The second-order valence-electron chi connectivity index (χ2n) is 5.44. The molecule has 0 aromatic carbocycles. The van der Waals surface area contributed by atoms with Gasteiger partial charge in [-0.15, -0.1) is 11.3 Å². The van der Waals surface area contributed by atoms with Crippen molar-refractivity contribution in [3.8, 4) is 0 Å². The molecule has 1 fully saturated rings. The lowest BCUT2D eigenvalue weighted by molar-refractivity contribution is 0.238. The molecule has 2 amide bonds. The van der Waals surface area contributed by atoms with Crippen molar-refractivity contribution in [1.29, 1.82) is 0 Å².